The maximum atomic E-state index is 11.9. The van der Waals surface area contributed by atoms with E-state index in [4.69, 9.17) is 14.2 Å². The minimum absolute atomic E-state index is 0.0320. The molecule has 0 heterocycles. The Bertz CT molecular complexity index is 623. The zero-order valence-electron chi connectivity index (χ0n) is 14.1. The van der Waals surface area contributed by atoms with Gasteiger partial charge in [-0.1, -0.05) is 0 Å². The summed E-state index contributed by atoms with van der Waals surface area (Å²) in [7, 11) is 1.61. The first-order valence-corrected chi connectivity index (χ1v) is 8.01. The lowest BCUT2D eigenvalue weighted by Gasteiger charge is -2.08. The van der Waals surface area contributed by atoms with Crippen LogP contribution in [0, 0.1) is 0 Å². The lowest BCUT2D eigenvalue weighted by atomic mass is 10.2. The minimum Gasteiger partial charge on any atom is -0.497 e. The van der Waals surface area contributed by atoms with Gasteiger partial charge >= 0.3 is 0 Å². The van der Waals surface area contributed by atoms with Crippen LogP contribution in [0.1, 0.15) is 19.8 Å². The highest BCUT2D eigenvalue weighted by atomic mass is 16.5. The Kier molecular flexibility index (Phi) is 6.95. The number of carbonyl (C=O) groups is 1. The molecule has 0 saturated heterocycles. The third kappa shape index (κ3) is 5.83. The number of benzene rings is 2. The van der Waals surface area contributed by atoms with Gasteiger partial charge < -0.3 is 19.5 Å². The first kappa shape index (κ1) is 17.7. The molecule has 0 atom stereocenters. The molecule has 2 aromatic rings. The van der Waals surface area contributed by atoms with Crippen LogP contribution in [0.2, 0.25) is 0 Å². The van der Waals surface area contributed by atoms with Gasteiger partial charge in [-0.2, -0.15) is 0 Å². The molecule has 0 saturated carbocycles. The smallest absolute Gasteiger partial charge is 0.224 e. The lowest BCUT2D eigenvalue weighted by molar-refractivity contribution is -0.116. The Morgan fingerprint density at radius 3 is 2.08 bits per heavy atom. The van der Waals surface area contributed by atoms with Crippen LogP contribution in [0.5, 0.6) is 17.2 Å². The number of rotatable bonds is 9. The molecule has 0 fully saturated rings. The maximum absolute atomic E-state index is 11.9. The van der Waals surface area contributed by atoms with Gasteiger partial charge in [-0.15, -0.1) is 0 Å². The Labute approximate surface area is 142 Å². The van der Waals surface area contributed by atoms with E-state index < -0.39 is 0 Å². The van der Waals surface area contributed by atoms with Crippen LogP contribution in [-0.4, -0.2) is 26.2 Å². The quantitative estimate of drug-likeness (QED) is 0.709. The summed E-state index contributed by atoms with van der Waals surface area (Å²) in [5.41, 5.74) is 0.758. The van der Waals surface area contributed by atoms with Crippen molar-refractivity contribution in [2.24, 2.45) is 0 Å². The molecule has 5 heteroatoms. The average Bonchev–Trinajstić information content (AvgIpc) is 2.61. The predicted molar refractivity (Wildman–Crippen MR) is 94.0 cm³/mol. The molecule has 0 aromatic heterocycles. The van der Waals surface area contributed by atoms with E-state index in [1.807, 2.05) is 55.5 Å². The molecular formula is C19H23NO4. The summed E-state index contributed by atoms with van der Waals surface area (Å²) in [5, 5.41) is 2.85. The van der Waals surface area contributed by atoms with Crippen molar-refractivity contribution in [2.45, 2.75) is 19.8 Å². The number of methoxy groups -OCH3 is 1. The number of amides is 1. The van der Waals surface area contributed by atoms with Gasteiger partial charge in [0.2, 0.25) is 5.91 Å². The van der Waals surface area contributed by atoms with Crippen molar-refractivity contribution in [3.8, 4) is 17.2 Å². The third-order valence-electron chi connectivity index (χ3n) is 3.33. The lowest BCUT2D eigenvalue weighted by Crippen LogP contribution is -2.12. The molecule has 0 unspecified atom stereocenters. The van der Waals surface area contributed by atoms with Crippen molar-refractivity contribution >= 4 is 11.6 Å². The van der Waals surface area contributed by atoms with Crippen LogP contribution in [-0.2, 0) is 4.79 Å². The Morgan fingerprint density at radius 1 is 0.917 bits per heavy atom. The average molecular weight is 329 g/mol. The monoisotopic (exact) mass is 329 g/mol. The van der Waals surface area contributed by atoms with Crippen LogP contribution in [0.3, 0.4) is 0 Å². The molecule has 2 rings (SSSR count). The van der Waals surface area contributed by atoms with Crippen molar-refractivity contribution < 1.29 is 19.0 Å². The third-order valence-corrected chi connectivity index (χ3v) is 3.33. The molecule has 1 amide bonds. The van der Waals surface area contributed by atoms with Gasteiger partial charge in [0.1, 0.15) is 17.2 Å². The molecule has 0 aliphatic heterocycles. The minimum atomic E-state index is -0.0320. The molecule has 128 valence electrons. The van der Waals surface area contributed by atoms with E-state index in [-0.39, 0.29) is 5.91 Å². The predicted octanol–water partition coefficient (Wildman–Crippen LogP) is 3.89. The van der Waals surface area contributed by atoms with Gasteiger partial charge in [0.05, 0.1) is 20.3 Å². The second-order valence-electron chi connectivity index (χ2n) is 5.13. The molecule has 24 heavy (non-hydrogen) atoms. The van der Waals surface area contributed by atoms with E-state index in [2.05, 4.69) is 5.32 Å². The summed E-state index contributed by atoms with van der Waals surface area (Å²) in [6.07, 6.45) is 1.05. The fourth-order valence-corrected chi connectivity index (χ4v) is 2.12. The second-order valence-corrected chi connectivity index (χ2v) is 5.13. The van der Waals surface area contributed by atoms with Crippen LogP contribution in [0.4, 0.5) is 5.69 Å². The number of nitrogens with one attached hydrogen (secondary N) is 1. The number of anilines is 1. The van der Waals surface area contributed by atoms with Gasteiger partial charge in [-0.05, 0) is 61.9 Å². The van der Waals surface area contributed by atoms with Crippen molar-refractivity contribution in [1.29, 1.82) is 0 Å². The fraction of sp³-hybridized carbons (Fsp3) is 0.316. The van der Waals surface area contributed by atoms with E-state index >= 15 is 0 Å². The highest BCUT2D eigenvalue weighted by molar-refractivity contribution is 5.90. The summed E-state index contributed by atoms with van der Waals surface area (Å²) >= 11 is 0. The highest BCUT2D eigenvalue weighted by Crippen LogP contribution is 2.18. The summed E-state index contributed by atoms with van der Waals surface area (Å²) in [6, 6.07) is 14.7. The van der Waals surface area contributed by atoms with Crippen molar-refractivity contribution in [2.75, 3.05) is 25.6 Å². The Hall–Kier alpha value is -2.69. The molecule has 0 radical (unpaired) electrons. The number of carbonyl (C=O) groups excluding carboxylic acids is 1. The SMILES string of the molecule is CCOc1ccc(OCCCC(=O)Nc2ccc(OC)cc2)cc1. The van der Waals surface area contributed by atoms with Gasteiger partial charge in [-0.25, -0.2) is 0 Å². The summed E-state index contributed by atoms with van der Waals surface area (Å²) < 4.78 is 16.1. The Balaban J connectivity index is 1.66. The van der Waals surface area contributed by atoms with E-state index in [0.29, 0.717) is 26.1 Å². The first-order valence-electron chi connectivity index (χ1n) is 8.01. The van der Waals surface area contributed by atoms with Crippen molar-refractivity contribution in [3.63, 3.8) is 0 Å². The molecule has 0 aliphatic carbocycles. The molecule has 0 aliphatic rings. The summed E-state index contributed by atoms with van der Waals surface area (Å²) in [4.78, 5) is 11.9. The normalized spacial score (nSPS) is 10.1. The molecule has 2 aromatic carbocycles. The van der Waals surface area contributed by atoms with E-state index in [9.17, 15) is 4.79 Å². The van der Waals surface area contributed by atoms with Crippen LogP contribution in [0.15, 0.2) is 48.5 Å². The molecular weight excluding hydrogens is 306 g/mol. The van der Waals surface area contributed by atoms with Crippen molar-refractivity contribution in [1.82, 2.24) is 0 Å². The first-order chi connectivity index (χ1) is 11.7. The number of hydrogen-bond acceptors (Lipinski definition) is 4. The van der Waals surface area contributed by atoms with Crippen LogP contribution < -0.4 is 19.5 Å². The zero-order chi connectivity index (χ0) is 17.2. The van der Waals surface area contributed by atoms with Gasteiger partial charge in [0.25, 0.3) is 0 Å². The molecule has 0 spiro atoms. The zero-order valence-corrected chi connectivity index (χ0v) is 14.1. The van der Waals surface area contributed by atoms with Crippen molar-refractivity contribution in [3.05, 3.63) is 48.5 Å². The largest absolute Gasteiger partial charge is 0.497 e. The number of ether oxygens (including phenoxy) is 3. The second kappa shape index (κ2) is 9.45. The van der Waals surface area contributed by atoms with Crippen LogP contribution in [0.25, 0.3) is 0 Å². The maximum Gasteiger partial charge on any atom is 0.224 e. The van der Waals surface area contributed by atoms with E-state index in [0.717, 1.165) is 22.9 Å². The summed E-state index contributed by atoms with van der Waals surface area (Å²) in [5.74, 6) is 2.32. The van der Waals surface area contributed by atoms with E-state index in [1.165, 1.54) is 0 Å². The van der Waals surface area contributed by atoms with Crippen LogP contribution >= 0.6 is 0 Å². The standard InChI is InChI=1S/C19H23NO4/c1-3-23-17-10-12-18(13-11-17)24-14-4-5-19(21)20-15-6-8-16(22-2)9-7-15/h6-13H,3-5,14H2,1-2H3,(H,20,21). The van der Waals surface area contributed by atoms with Gasteiger partial charge in [-0.3, -0.25) is 4.79 Å². The number of hydrogen-bond donors (Lipinski definition) is 1. The molecule has 0 bridgehead atoms. The summed E-state index contributed by atoms with van der Waals surface area (Å²) in [6.45, 7) is 3.08. The molecule has 5 nitrogen and oxygen atoms in total. The molecule has 1 N–H and O–H groups in total. The van der Waals surface area contributed by atoms with Gasteiger partial charge in [0.15, 0.2) is 0 Å². The Morgan fingerprint density at radius 2 is 1.50 bits per heavy atom. The van der Waals surface area contributed by atoms with Gasteiger partial charge in [0, 0.05) is 12.1 Å². The highest BCUT2D eigenvalue weighted by Gasteiger charge is 2.03. The topological polar surface area (TPSA) is 56.8 Å². The van der Waals surface area contributed by atoms with E-state index in [1.54, 1.807) is 7.11 Å². The fourth-order valence-electron chi connectivity index (χ4n) is 2.12.